The molecule has 0 aromatic heterocycles. The van der Waals surface area contributed by atoms with E-state index < -0.39 is 0 Å². The zero-order valence-corrected chi connectivity index (χ0v) is 12.3. The predicted molar refractivity (Wildman–Crippen MR) is 79.2 cm³/mol. The molecule has 0 spiro atoms. The Morgan fingerprint density at radius 2 is 2.10 bits per heavy atom. The van der Waals surface area contributed by atoms with E-state index >= 15 is 0 Å². The molecule has 0 aliphatic rings. The summed E-state index contributed by atoms with van der Waals surface area (Å²) in [6.07, 6.45) is 0.733. The topological polar surface area (TPSA) is 103 Å². The largest absolute Gasteiger partial charge is 0.482 e. The van der Waals surface area contributed by atoms with E-state index in [4.69, 9.17) is 15.2 Å². The monoisotopic (exact) mass is 295 g/mol. The third kappa shape index (κ3) is 5.70. The smallest absolute Gasteiger partial charge is 0.257 e. The number of nitrogens with one attached hydrogen (secondary N) is 2. The van der Waals surface area contributed by atoms with Gasteiger partial charge in [-0.15, -0.1) is 0 Å². The van der Waals surface area contributed by atoms with Crippen LogP contribution in [0.5, 0.6) is 5.75 Å². The summed E-state index contributed by atoms with van der Waals surface area (Å²) in [6, 6.07) is 4.70. The van der Waals surface area contributed by atoms with Crippen LogP contribution in [0.2, 0.25) is 0 Å². The van der Waals surface area contributed by atoms with Crippen molar-refractivity contribution in [2.24, 2.45) is 0 Å². The Balaban J connectivity index is 2.62. The van der Waals surface area contributed by atoms with E-state index in [1.165, 1.54) is 13.1 Å². The Bertz CT molecular complexity index is 491. The first-order valence-electron chi connectivity index (χ1n) is 6.58. The van der Waals surface area contributed by atoms with Gasteiger partial charge in [0.15, 0.2) is 6.61 Å². The van der Waals surface area contributed by atoms with E-state index in [1.807, 2.05) is 0 Å². The molecule has 2 amide bonds. The van der Waals surface area contributed by atoms with Gasteiger partial charge in [-0.25, -0.2) is 0 Å². The van der Waals surface area contributed by atoms with Crippen LogP contribution in [0.25, 0.3) is 0 Å². The van der Waals surface area contributed by atoms with Gasteiger partial charge in [0.25, 0.3) is 11.8 Å². The number of benzene rings is 1. The van der Waals surface area contributed by atoms with Crippen LogP contribution >= 0.6 is 0 Å². The van der Waals surface area contributed by atoms with E-state index in [2.05, 4.69) is 10.6 Å². The Kier molecular flexibility index (Phi) is 7.03. The standard InChI is InChI=1S/C14H21N3O4/c1-16-13(18)9-21-12-8-10(4-5-11(12)15)14(19)17-6-3-7-20-2/h4-5,8H,3,6-7,9,15H2,1-2H3,(H,16,18)(H,17,19). The number of nitrogens with two attached hydrogens (primary N) is 1. The zero-order chi connectivity index (χ0) is 15.7. The molecular formula is C14H21N3O4. The average molecular weight is 295 g/mol. The predicted octanol–water partition coefficient (Wildman–Crippen LogP) is 0.160. The summed E-state index contributed by atoms with van der Waals surface area (Å²) >= 11 is 0. The van der Waals surface area contributed by atoms with Crippen molar-refractivity contribution in [3.63, 3.8) is 0 Å². The lowest BCUT2D eigenvalue weighted by atomic mass is 10.1. The van der Waals surface area contributed by atoms with E-state index in [0.29, 0.717) is 30.2 Å². The summed E-state index contributed by atoms with van der Waals surface area (Å²) in [7, 11) is 3.12. The van der Waals surface area contributed by atoms with Crippen LogP contribution < -0.4 is 21.1 Å². The summed E-state index contributed by atoms with van der Waals surface area (Å²) in [5, 5.41) is 5.20. The van der Waals surface area contributed by atoms with Crippen LogP contribution in [-0.4, -0.2) is 45.7 Å². The van der Waals surface area contributed by atoms with Gasteiger partial charge in [0.05, 0.1) is 5.69 Å². The van der Waals surface area contributed by atoms with Crippen LogP contribution in [0.3, 0.4) is 0 Å². The average Bonchev–Trinajstić information content (AvgIpc) is 2.50. The molecule has 4 N–H and O–H groups in total. The quantitative estimate of drug-likeness (QED) is 0.468. The van der Waals surface area contributed by atoms with Gasteiger partial charge in [0.2, 0.25) is 0 Å². The SMILES string of the molecule is CNC(=O)COc1cc(C(=O)NCCCOC)ccc1N. The minimum absolute atomic E-state index is 0.153. The van der Waals surface area contributed by atoms with Crippen LogP contribution in [0.4, 0.5) is 5.69 Å². The van der Waals surface area contributed by atoms with Crippen molar-refractivity contribution >= 4 is 17.5 Å². The van der Waals surface area contributed by atoms with Gasteiger partial charge in [-0.1, -0.05) is 0 Å². The van der Waals surface area contributed by atoms with Gasteiger partial charge in [0.1, 0.15) is 5.75 Å². The maximum Gasteiger partial charge on any atom is 0.257 e. The van der Waals surface area contributed by atoms with Gasteiger partial charge >= 0.3 is 0 Å². The van der Waals surface area contributed by atoms with Crippen molar-refractivity contribution in [1.82, 2.24) is 10.6 Å². The molecule has 1 aromatic carbocycles. The Hall–Kier alpha value is -2.28. The van der Waals surface area contributed by atoms with Crippen LogP contribution in [-0.2, 0) is 9.53 Å². The number of likely N-dealkylation sites (N-methyl/N-ethyl adjacent to an activating group) is 1. The van der Waals surface area contributed by atoms with Crippen molar-refractivity contribution < 1.29 is 19.1 Å². The number of anilines is 1. The fourth-order valence-electron chi connectivity index (χ4n) is 1.54. The minimum Gasteiger partial charge on any atom is -0.482 e. The van der Waals surface area contributed by atoms with Gasteiger partial charge in [-0.05, 0) is 24.6 Å². The first kappa shape index (κ1) is 16.8. The molecule has 0 fully saturated rings. The van der Waals surface area contributed by atoms with Gasteiger partial charge < -0.3 is 25.8 Å². The van der Waals surface area contributed by atoms with Crippen molar-refractivity contribution in [3.8, 4) is 5.75 Å². The molecule has 0 aliphatic carbocycles. The lowest BCUT2D eigenvalue weighted by molar-refractivity contribution is -0.122. The minimum atomic E-state index is -0.274. The molecule has 0 aliphatic heterocycles. The molecule has 7 heteroatoms. The zero-order valence-electron chi connectivity index (χ0n) is 12.3. The maximum atomic E-state index is 11.9. The molecule has 0 unspecified atom stereocenters. The molecule has 7 nitrogen and oxygen atoms in total. The second-order valence-electron chi connectivity index (χ2n) is 4.32. The number of nitrogen functional groups attached to an aromatic ring is 1. The fraction of sp³-hybridized carbons (Fsp3) is 0.429. The van der Waals surface area contributed by atoms with Crippen molar-refractivity contribution in [3.05, 3.63) is 23.8 Å². The molecule has 0 radical (unpaired) electrons. The Morgan fingerprint density at radius 3 is 2.76 bits per heavy atom. The molecule has 0 saturated heterocycles. The number of rotatable bonds is 8. The van der Waals surface area contributed by atoms with Crippen molar-refractivity contribution in [2.45, 2.75) is 6.42 Å². The third-order valence-corrected chi connectivity index (χ3v) is 2.72. The third-order valence-electron chi connectivity index (χ3n) is 2.72. The van der Waals surface area contributed by atoms with Gasteiger partial charge in [0, 0.05) is 32.9 Å². The molecule has 0 heterocycles. The number of hydrogen-bond donors (Lipinski definition) is 3. The number of ether oxygens (including phenoxy) is 2. The molecule has 0 atom stereocenters. The highest BCUT2D eigenvalue weighted by Crippen LogP contribution is 2.22. The van der Waals surface area contributed by atoms with Crippen LogP contribution in [0.1, 0.15) is 16.8 Å². The first-order valence-corrected chi connectivity index (χ1v) is 6.58. The summed E-state index contributed by atoms with van der Waals surface area (Å²) in [4.78, 5) is 23.1. The number of methoxy groups -OCH3 is 1. The van der Waals surface area contributed by atoms with Gasteiger partial charge in [-0.2, -0.15) is 0 Å². The highest BCUT2D eigenvalue weighted by molar-refractivity contribution is 5.95. The number of amides is 2. The maximum absolute atomic E-state index is 11.9. The number of hydrogen-bond acceptors (Lipinski definition) is 5. The van der Waals surface area contributed by atoms with E-state index in [9.17, 15) is 9.59 Å². The first-order chi connectivity index (χ1) is 10.1. The second-order valence-corrected chi connectivity index (χ2v) is 4.32. The lowest BCUT2D eigenvalue weighted by Crippen LogP contribution is -2.26. The van der Waals surface area contributed by atoms with E-state index in [1.54, 1.807) is 19.2 Å². The van der Waals surface area contributed by atoms with Crippen LogP contribution in [0, 0.1) is 0 Å². The highest BCUT2D eigenvalue weighted by Gasteiger charge is 2.10. The number of carbonyl (C=O) groups excluding carboxylic acids is 2. The molecule has 1 rings (SSSR count). The van der Waals surface area contributed by atoms with Crippen LogP contribution in [0.15, 0.2) is 18.2 Å². The lowest BCUT2D eigenvalue weighted by Gasteiger charge is -2.10. The fourth-order valence-corrected chi connectivity index (χ4v) is 1.54. The van der Waals surface area contributed by atoms with E-state index in [-0.39, 0.29) is 18.4 Å². The number of carbonyl (C=O) groups is 2. The van der Waals surface area contributed by atoms with E-state index in [0.717, 1.165) is 6.42 Å². The van der Waals surface area contributed by atoms with Crippen molar-refractivity contribution in [2.75, 3.05) is 39.6 Å². The summed E-state index contributed by atoms with van der Waals surface area (Å²) in [5.41, 5.74) is 6.55. The molecule has 0 bridgehead atoms. The molecule has 0 saturated carbocycles. The molecule has 116 valence electrons. The molecule has 1 aromatic rings. The Morgan fingerprint density at radius 1 is 1.33 bits per heavy atom. The highest BCUT2D eigenvalue weighted by atomic mass is 16.5. The molecule has 21 heavy (non-hydrogen) atoms. The second kappa shape index (κ2) is 8.80. The van der Waals surface area contributed by atoms with Crippen molar-refractivity contribution in [1.29, 1.82) is 0 Å². The summed E-state index contributed by atoms with van der Waals surface area (Å²) in [6.45, 7) is 0.952. The summed E-state index contributed by atoms with van der Waals surface area (Å²) in [5.74, 6) is -0.192. The summed E-state index contributed by atoms with van der Waals surface area (Å²) < 4.78 is 10.2. The van der Waals surface area contributed by atoms with Gasteiger partial charge in [-0.3, -0.25) is 9.59 Å². The normalized spacial score (nSPS) is 10.0. The Labute approximate surface area is 123 Å². The molecular weight excluding hydrogens is 274 g/mol.